The van der Waals surface area contributed by atoms with Crippen molar-refractivity contribution in [3.63, 3.8) is 0 Å². The molecule has 0 unspecified atom stereocenters. The second-order valence-corrected chi connectivity index (χ2v) is 7.00. The van der Waals surface area contributed by atoms with Crippen molar-refractivity contribution in [3.05, 3.63) is 96.1 Å². The van der Waals surface area contributed by atoms with Gasteiger partial charge < -0.3 is 9.84 Å². The van der Waals surface area contributed by atoms with Crippen LogP contribution in [0.3, 0.4) is 0 Å². The highest BCUT2D eigenvalue weighted by atomic mass is 16.5. The fourth-order valence-corrected chi connectivity index (χ4v) is 3.04. The molecular weight excluding hydrogens is 404 g/mol. The molecule has 0 amide bonds. The molecule has 0 aliphatic rings. The van der Waals surface area contributed by atoms with E-state index in [0.29, 0.717) is 42.1 Å². The molecule has 3 aromatic rings. The van der Waals surface area contributed by atoms with E-state index in [0.717, 1.165) is 5.56 Å². The van der Waals surface area contributed by atoms with E-state index in [9.17, 15) is 14.7 Å². The third kappa shape index (κ3) is 5.76. The first-order valence-electron chi connectivity index (χ1n) is 10.3. The van der Waals surface area contributed by atoms with Crippen LogP contribution in [-0.2, 0) is 11.2 Å². The number of hydrogen-bond acceptors (Lipinski definition) is 6. The number of ether oxygens (including phenoxy) is 1. The smallest absolute Gasteiger partial charge is 0.196 e. The number of allylic oxidation sites excluding steroid dienone is 1. The van der Waals surface area contributed by atoms with Crippen molar-refractivity contribution in [2.45, 2.75) is 19.8 Å². The predicted octanol–water partition coefficient (Wildman–Crippen LogP) is 6.13. The standard InChI is InChI=1S/C26H24N2O4/c1-3-21(29)15-12-18-10-13-20(14-11-18)27-28-23-16-22(24(30)17-25(23)32-4-2)26(31)19-8-6-5-7-9-19/h3,5-11,13-14,16-17,30H,1,4,12,15H2,2H3. The lowest BCUT2D eigenvalue weighted by molar-refractivity contribution is -0.114. The van der Waals surface area contributed by atoms with Crippen LogP contribution in [0.1, 0.15) is 34.8 Å². The largest absolute Gasteiger partial charge is 0.507 e. The Morgan fingerprint density at radius 2 is 1.75 bits per heavy atom. The Morgan fingerprint density at radius 3 is 2.41 bits per heavy atom. The fourth-order valence-electron chi connectivity index (χ4n) is 3.04. The lowest BCUT2D eigenvalue weighted by atomic mass is 10.0. The van der Waals surface area contributed by atoms with Crippen LogP contribution in [0.4, 0.5) is 11.4 Å². The van der Waals surface area contributed by atoms with E-state index in [2.05, 4.69) is 16.8 Å². The Labute approximate surface area is 186 Å². The average molecular weight is 428 g/mol. The fraction of sp³-hybridized carbons (Fsp3) is 0.154. The third-order valence-electron chi connectivity index (χ3n) is 4.76. The Morgan fingerprint density at radius 1 is 1.03 bits per heavy atom. The highest BCUT2D eigenvalue weighted by molar-refractivity contribution is 6.11. The van der Waals surface area contributed by atoms with Crippen LogP contribution >= 0.6 is 0 Å². The van der Waals surface area contributed by atoms with Crippen molar-refractivity contribution in [1.82, 2.24) is 0 Å². The maximum Gasteiger partial charge on any atom is 0.196 e. The summed E-state index contributed by atoms with van der Waals surface area (Å²) in [4.78, 5) is 24.2. The maximum atomic E-state index is 12.8. The first-order valence-corrected chi connectivity index (χ1v) is 10.3. The summed E-state index contributed by atoms with van der Waals surface area (Å²) in [5.74, 6) is -0.163. The van der Waals surface area contributed by atoms with Gasteiger partial charge in [-0.1, -0.05) is 49.0 Å². The summed E-state index contributed by atoms with van der Waals surface area (Å²) in [6.07, 6.45) is 2.36. The number of phenols is 1. The number of phenolic OH excluding ortho intramolecular Hbond substituents is 1. The molecule has 0 aliphatic carbocycles. The molecule has 162 valence electrons. The van der Waals surface area contributed by atoms with Gasteiger partial charge in [-0.2, -0.15) is 5.11 Å². The van der Waals surface area contributed by atoms with Crippen LogP contribution in [0.2, 0.25) is 0 Å². The Kier molecular flexibility index (Phi) is 7.65. The molecule has 3 rings (SSSR count). The van der Waals surface area contributed by atoms with Crippen molar-refractivity contribution >= 4 is 22.9 Å². The van der Waals surface area contributed by atoms with E-state index < -0.39 is 0 Å². The molecule has 1 N–H and O–H groups in total. The Hall–Kier alpha value is -4.06. The minimum Gasteiger partial charge on any atom is -0.507 e. The van der Waals surface area contributed by atoms with Crippen molar-refractivity contribution in [2.75, 3.05) is 6.61 Å². The van der Waals surface area contributed by atoms with Gasteiger partial charge in [-0.3, -0.25) is 9.59 Å². The SMILES string of the molecule is C=CC(=O)CCc1ccc(N=Nc2cc(C(=O)c3ccccc3)c(O)cc2OCC)cc1. The number of rotatable bonds is 10. The van der Waals surface area contributed by atoms with Crippen molar-refractivity contribution < 1.29 is 19.4 Å². The molecule has 0 radical (unpaired) electrons. The number of carbonyl (C=O) groups excluding carboxylic acids is 2. The van der Waals surface area contributed by atoms with Crippen molar-refractivity contribution in [3.8, 4) is 11.5 Å². The van der Waals surface area contributed by atoms with Crippen LogP contribution in [0.15, 0.2) is 89.6 Å². The predicted molar refractivity (Wildman–Crippen MR) is 123 cm³/mol. The second-order valence-electron chi connectivity index (χ2n) is 7.00. The summed E-state index contributed by atoms with van der Waals surface area (Å²) in [6, 6.07) is 18.9. The van der Waals surface area contributed by atoms with E-state index in [1.165, 1.54) is 18.2 Å². The molecule has 0 fully saturated rings. The van der Waals surface area contributed by atoms with Crippen LogP contribution in [-0.4, -0.2) is 23.3 Å². The van der Waals surface area contributed by atoms with Crippen LogP contribution in [0.5, 0.6) is 11.5 Å². The van der Waals surface area contributed by atoms with Gasteiger partial charge in [-0.25, -0.2) is 0 Å². The monoisotopic (exact) mass is 428 g/mol. The first kappa shape index (κ1) is 22.6. The van der Waals surface area contributed by atoms with Gasteiger partial charge in [0.1, 0.15) is 11.4 Å². The molecular formula is C26H24N2O4. The van der Waals surface area contributed by atoms with Gasteiger partial charge in [0.25, 0.3) is 0 Å². The Bertz CT molecular complexity index is 1140. The molecule has 3 aromatic carbocycles. The number of aryl methyl sites for hydroxylation is 1. The molecule has 0 spiro atoms. The minimum atomic E-state index is -0.318. The molecule has 32 heavy (non-hydrogen) atoms. The van der Waals surface area contributed by atoms with Gasteiger partial charge in [0.15, 0.2) is 17.3 Å². The van der Waals surface area contributed by atoms with Crippen molar-refractivity contribution in [2.24, 2.45) is 10.2 Å². The normalized spacial score (nSPS) is 10.8. The quantitative estimate of drug-likeness (QED) is 0.239. The van der Waals surface area contributed by atoms with Gasteiger partial charge in [-0.15, -0.1) is 5.11 Å². The number of ketones is 2. The van der Waals surface area contributed by atoms with Crippen molar-refractivity contribution in [1.29, 1.82) is 0 Å². The number of hydrogen-bond donors (Lipinski definition) is 1. The van der Waals surface area contributed by atoms with E-state index in [1.807, 2.05) is 25.1 Å². The van der Waals surface area contributed by atoms with Gasteiger partial charge >= 0.3 is 0 Å². The lowest BCUT2D eigenvalue weighted by Crippen LogP contribution is -2.02. The number of nitrogens with zero attached hydrogens (tertiary/aromatic N) is 2. The highest BCUT2D eigenvalue weighted by Gasteiger charge is 2.18. The van der Waals surface area contributed by atoms with Crippen LogP contribution in [0, 0.1) is 0 Å². The average Bonchev–Trinajstić information content (AvgIpc) is 2.83. The molecule has 0 heterocycles. The molecule has 0 saturated carbocycles. The summed E-state index contributed by atoms with van der Waals surface area (Å²) >= 11 is 0. The topological polar surface area (TPSA) is 88.3 Å². The summed E-state index contributed by atoms with van der Waals surface area (Å²) in [5.41, 5.74) is 2.53. The number of carbonyl (C=O) groups is 2. The van der Waals surface area contributed by atoms with Gasteiger partial charge in [0, 0.05) is 18.1 Å². The van der Waals surface area contributed by atoms with E-state index >= 15 is 0 Å². The van der Waals surface area contributed by atoms with Gasteiger partial charge in [-0.05, 0) is 43.2 Å². The zero-order chi connectivity index (χ0) is 22.9. The summed E-state index contributed by atoms with van der Waals surface area (Å²) in [6.45, 7) is 5.66. The number of azo groups is 1. The zero-order valence-electron chi connectivity index (χ0n) is 17.8. The third-order valence-corrected chi connectivity index (χ3v) is 4.76. The maximum absolute atomic E-state index is 12.8. The van der Waals surface area contributed by atoms with E-state index in [-0.39, 0.29) is 22.9 Å². The molecule has 0 aliphatic heterocycles. The summed E-state index contributed by atoms with van der Waals surface area (Å²) in [7, 11) is 0. The second kappa shape index (κ2) is 10.8. The first-order chi connectivity index (χ1) is 15.5. The number of benzene rings is 3. The molecule has 6 heteroatoms. The van der Waals surface area contributed by atoms with Crippen LogP contribution in [0.25, 0.3) is 0 Å². The Balaban J connectivity index is 1.85. The highest BCUT2D eigenvalue weighted by Crippen LogP contribution is 2.36. The van der Waals surface area contributed by atoms with E-state index in [1.54, 1.807) is 36.4 Å². The number of aromatic hydroxyl groups is 1. The lowest BCUT2D eigenvalue weighted by Gasteiger charge is -2.10. The molecule has 0 saturated heterocycles. The van der Waals surface area contributed by atoms with Gasteiger partial charge in [0.05, 0.1) is 17.9 Å². The van der Waals surface area contributed by atoms with E-state index in [4.69, 9.17) is 4.74 Å². The van der Waals surface area contributed by atoms with Gasteiger partial charge in [0.2, 0.25) is 0 Å². The molecule has 6 nitrogen and oxygen atoms in total. The molecule has 0 aromatic heterocycles. The van der Waals surface area contributed by atoms with Crippen LogP contribution < -0.4 is 4.74 Å². The minimum absolute atomic E-state index is 0.00500. The zero-order valence-corrected chi connectivity index (χ0v) is 17.8. The molecule has 0 bridgehead atoms. The summed E-state index contributed by atoms with van der Waals surface area (Å²) < 4.78 is 5.57. The molecule has 0 atom stereocenters. The summed E-state index contributed by atoms with van der Waals surface area (Å²) in [5, 5.41) is 18.9.